The molecule has 6 heteroatoms. The highest BCUT2D eigenvalue weighted by molar-refractivity contribution is 5.90. The minimum absolute atomic E-state index is 0. The topological polar surface area (TPSA) is 62.3 Å². The van der Waals surface area contributed by atoms with Gasteiger partial charge < -0.3 is 20.3 Å². The van der Waals surface area contributed by atoms with E-state index in [0.29, 0.717) is 6.04 Å². The van der Waals surface area contributed by atoms with E-state index in [9.17, 15) is 0 Å². The SMILES string of the molecule is C.COc1ccccc1CNCCC1CCC(Nc2nc(N(C)C)c3ccccc3n2)CC1. The maximum Gasteiger partial charge on any atom is 0.225 e. The lowest BCUT2D eigenvalue weighted by atomic mass is 9.84. The van der Waals surface area contributed by atoms with Crippen LogP contribution in [0.5, 0.6) is 5.75 Å². The van der Waals surface area contributed by atoms with E-state index < -0.39 is 0 Å². The van der Waals surface area contributed by atoms with E-state index in [2.05, 4.69) is 39.8 Å². The smallest absolute Gasteiger partial charge is 0.225 e. The number of rotatable bonds is 9. The summed E-state index contributed by atoms with van der Waals surface area (Å²) >= 11 is 0. The zero-order valence-corrected chi connectivity index (χ0v) is 19.5. The summed E-state index contributed by atoms with van der Waals surface area (Å²) in [5, 5.41) is 8.29. The summed E-state index contributed by atoms with van der Waals surface area (Å²) in [6, 6.07) is 16.9. The normalized spacial score (nSPS) is 17.9. The highest BCUT2D eigenvalue weighted by atomic mass is 16.5. The largest absolute Gasteiger partial charge is 0.496 e. The maximum absolute atomic E-state index is 5.44. The van der Waals surface area contributed by atoms with Gasteiger partial charge in [0.2, 0.25) is 5.95 Å². The van der Waals surface area contributed by atoms with Gasteiger partial charge in [-0.1, -0.05) is 37.8 Å². The summed E-state index contributed by atoms with van der Waals surface area (Å²) in [5.41, 5.74) is 2.21. The van der Waals surface area contributed by atoms with E-state index in [1.807, 2.05) is 38.4 Å². The third-order valence-electron chi connectivity index (χ3n) is 6.42. The molecule has 4 rings (SSSR count). The Labute approximate surface area is 198 Å². The first-order valence-electron chi connectivity index (χ1n) is 11.7. The van der Waals surface area contributed by atoms with Gasteiger partial charge in [-0.15, -0.1) is 0 Å². The van der Waals surface area contributed by atoms with E-state index in [-0.39, 0.29) is 7.43 Å². The Morgan fingerprint density at radius 3 is 2.45 bits per heavy atom. The molecule has 0 aliphatic heterocycles. The van der Waals surface area contributed by atoms with Crippen molar-refractivity contribution in [1.29, 1.82) is 0 Å². The molecule has 1 saturated carbocycles. The quantitative estimate of drug-likeness (QED) is 0.421. The third-order valence-corrected chi connectivity index (χ3v) is 6.42. The van der Waals surface area contributed by atoms with Gasteiger partial charge in [0.1, 0.15) is 11.6 Å². The molecule has 1 heterocycles. The maximum atomic E-state index is 5.44. The van der Waals surface area contributed by atoms with Gasteiger partial charge in [0.25, 0.3) is 0 Å². The van der Waals surface area contributed by atoms with Crippen molar-refractivity contribution in [3.05, 3.63) is 54.1 Å². The number of para-hydroxylation sites is 2. The third kappa shape index (κ3) is 6.35. The molecule has 2 aromatic carbocycles. The number of ether oxygens (including phenoxy) is 1. The molecule has 1 fully saturated rings. The average molecular weight is 450 g/mol. The molecule has 3 aromatic rings. The number of hydrogen-bond acceptors (Lipinski definition) is 6. The summed E-state index contributed by atoms with van der Waals surface area (Å²) in [4.78, 5) is 11.6. The molecule has 2 N–H and O–H groups in total. The predicted octanol–water partition coefficient (Wildman–Crippen LogP) is 5.49. The Morgan fingerprint density at radius 1 is 0.970 bits per heavy atom. The summed E-state index contributed by atoms with van der Waals surface area (Å²) in [6.45, 7) is 1.90. The molecule has 0 spiro atoms. The van der Waals surface area contributed by atoms with Gasteiger partial charge in [0.15, 0.2) is 0 Å². The number of nitrogens with one attached hydrogen (secondary N) is 2. The van der Waals surface area contributed by atoms with Crippen LogP contribution in [0.4, 0.5) is 11.8 Å². The predicted molar refractivity (Wildman–Crippen MR) is 139 cm³/mol. The Kier molecular flexibility index (Phi) is 8.89. The Balaban J connectivity index is 0.00000306. The second-order valence-corrected chi connectivity index (χ2v) is 8.92. The number of nitrogens with zero attached hydrogens (tertiary/aromatic N) is 3. The first-order valence-corrected chi connectivity index (χ1v) is 11.7. The lowest BCUT2D eigenvalue weighted by Crippen LogP contribution is -2.28. The second-order valence-electron chi connectivity index (χ2n) is 8.92. The number of benzene rings is 2. The van der Waals surface area contributed by atoms with Crippen LogP contribution in [0.2, 0.25) is 0 Å². The van der Waals surface area contributed by atoms with Gasteiger partial charge in [0.05, 0.1) is 12.6 Å². The monoisotopic (exact) mass is 449 g/mol. The van der Waals surface area contributed by atoms with Crippen molar-refractivity contribution in [2.45, 2.75) is 52.1 Å². The molecule has 1 aliphatic carbocycles. The molecule has 0 amide bonds. The van der Waals surface area contributed by atoms with Crippen molar-refractivity contribution in [1.82, 2.24) is 15.3 Å². The minimum Gasteiger partial charge on any atom is -0.496 e. The van der Waals surface area contributed by atoms with Crippen LogP contribution in [-0.2, 0) is 6.54 Å². The summed E-state index contributed by atoms with van der Waals surface area (Å²) < 4.78 is 5.44. The molecule has 6 nitrogen and oxygen atoms in total. The fourth-order valence-electron chi connectivity index (χ4n) is 4.62. The van der Waals surface area contributed by atoms with E-state index in [1.54, 1.807) is 7.11 Å². The first-order chi connectivity index (χ1) is 15.6. The second kappa shape index (κ2) is 11.8. The zero-order valence-electron chi connectivity index (χ0n) is 19.5. The fourth-order valence-corrected chi connectivity index (χ4v) is 4.62. The lowest BCUT2D eigenvalue weighted by molar-refractivity contribution is 0.316. The number of anilines is 2. The van der Waals surface area contributed by atoms with Crippen molar-refractivity contribution in [3.63, 3.8) is 0 Å². The first kappa shape index (κ1) is 24.8. The minimum atomic E-state index is 0. The van der Waals surface area contributed by atoms with Gasteiger partial charge in [-0.05, 0) is 62.8 Å². The molecule has 0 unspecified atom stereocenters. The van der Waals surface area contributed by atoms with Crippen molar-refractivity contribution in [3.8, 4) is 5.75 Å². The van der Waals surface area contributed by atoms with Gasteiger partial charge >= 0.3 is 0 Å². The molecule has 33 heavy (non-hydrogen) atoms. The van der Waals surface area contributed by atoms with Crippen molar-refractivity contribution in [2.75, 3.05) is 38.0 Å². The molecule has 1 aromatic heterocycles. The standard InChI is InChI=1S/C26H35N5O.CH4/c1-31(2)25-22-9-5-6-10-23(22)29-26(30-25)28-21-14-12-19(13-15-21)16-17-27-18-20-8-4-7-11-24(20)32-3;/h4-11,19,21,27H,12-18H2,1-3H3,(H,28,29,30);1H4. The van der Waals surface area contributed by atoms with E-state index in [0.717, 1.165) is 47.4 Å². The van der Waals surface area contributed by atoms with Gasteiger partial charge in [-0.3, -0.25) is 0 Å². The van der Waals surface area contributed by atoms with Gasteiger partial charge in [-0.25, -0.2) is 4.98 Å². The van der Waals surface area contributed by atoms with Crippen molar-refractivity contribution >= 4 is 22.7 Å². The van der Waals surface area contributed by atoms with Gasteiger partial charge in [0, 0.05) is 37.6 Å². The number of hydrogen-bond donors (Lipinski definition) is 2. The highest BCUT2D eigenvalue weighted by Crippen LogP contribution is 2.29. The molecular weight excluding hydrogens is 410 g/mol. The molecule has 0 saturated heterocycles. The van der Waals surface area contributed by atoms with E-state index in [4.69, 9.17) is 14.7 Å². The van der Waals surface area contributed by atoms with Crippen LogP contribution >= 0.6 is 0 Å². The summed E-state index contributed by atoms with van der Waals surface area (Å²) in [5.74, 6) is 3.45. The molecule has 178 valence electrons. The Hall–Kier alpha value is -2.86. The van der Waals surface area contributed by atoms with Gasteiger partial charge in [-0.2, -0.15) is 4.98 Å². The van der Waals surface area contributed by atoms with E-state index in [1.165, 1.54) is 37.7 Å². The van der Waals surface area contributed by atoms with Crippen LogP contribution < -0.4 is 20.3 Å². The van der Waals surface area contributed by atoms with Crippen LogP contribution in [0.25, 0.3) is 10.9 Å². The van der Waals surface area contributed by atoms with Crippen LogP contribution in [-0.4, -0.2) is 43.8 Å². The van der Waals surface area contributed by atoms with Crippen molar-refractivity contribution < 1.29 is 4.74 Å². The fraction of sp³-hybridized carbons (Fsp3) is 0.481. The number of methoxy groups -OCH3 is 1. The lowest BCUT2D eigenvalue weighted by Gasteiger charge is -2.29. The Morgan fingerprint density at radius 2 is 1.70 bits per heavy atom. The summed E-state index contributed by atoms with van der Waals surface area (Å²) in [6.07, 6.45) is 6.07. The zero-order chi connectivity index (χ0) is 22.3. The van der Waals surface area contributed by atoms with E-state index >= 15 is 0 Å². The number of aromatic nitrogens is 2. The Bertz CT molecular complexity index is 1010. The van der Waals surface area contributed by atoms with Crippen LogP contribution in [0.3, 0.4) is 0 Å². The summed E-state index contributed by atoms with van der Waals surface area (Å²) in [7, 11) is 5.80. The molecule has 1 aliphatic rings. The van der Waals surface area contributed by atoms with Crippen molar-refractivity contribution in [2.24, 2.45) is 5.92 Å². The van der Waals surface area contributed by atoms with Crippen LogP contribution in [0.15, 0.2) is 48.5 Å². The van der Waals surface area contributed by atoms with Crippen LogP contribution in [0, 0.1) is 5.92 Å². The molecule has 0 radical (unpaired) electrons. The average Bonchev–Trinajstić information content (AvgIpc) is 2.82. The van der Waals surface area contributed by atoms with Crippen LogP contribution in [0.1, 0.15) is 45.1 Å². The molecule has 0 bridgehead atoms. The highest BCUT2D eigenvalue weighted by Gasteiger charge is 2.22. The number of fused-ring (bicyclic) bond motifs is 1. The molecular formula is C27H39N5O. The molecule has 0 atom stereocenters.